The van der Waals surface area contributed by atoms with Crippen molar-refractivity contribution in [3.63, 3.8) is 0 Å². The molecule has 4 aliphatic rings. The Balaban J connectivity index is 0.000000149. The zero-order valence-corrected chi connectivity index (χ0v) is 21.6. The number of likely N-dealkylation sites (tertiary alicyclic amines) is 2. The van der Waals surface area contributed by atoms with E-state index in [0.717, 1.165) is 30.7 Å². The van der Waals surface area contributed by atoms with Gasteiger partial charge in [0.2, 0.25) is 0 Å². The predicted molar refractivity (Wildman–Crippen MR) is 122 cm³/mol. The third-order valence-corrected chi connectivity index (χ3v) is 7.69. The van der Waals surface area contributed by atoms with Crippen LogP contribution in [0.1, 0.15) is 36.1 Å². The number of halogens is 1. The SMILES string of the molecule is CN1CC2CC(C1)c1cccc(=O)n1C2.C[N+]1(C)CC2CC(C1)c1cccc(=O)n1C2.[I-]. The van der Waals surface area contributed by atoms with E-state index in [2.05, 4.69) is 38.2 Å². The van der Waals surface area contributed by atoms with Crippen molar-refractivity contribution >= 4 is 0 Å². The molecule has 2 aromatic rings. The van der Waals surface area contributed by atoms with Crippen molar-refractivity contribution in [1.29, 1.82) is 0 Å². The lowest BCUT2D eigenvalue weighted by Crippen LogP contribution is -3.00. The Morgan fingerprint density at radius 2 is 1.31 bits per heavy atom. The molecule has 0 aromatic carbocycles. The van der Waals surface area contributed by atoms with Crippen LogP contribution in [0.5, 0.6) is 0 Å². The van der Waals surface area contributed by atoms with Gasteiger partial charge in [-0.1, -0.05) is 12.1 Å². The lowest BCUT2D eigenvalue weighted by molar-refractivity contribution is -0.901. The lowest BCUT2D eigenvalue weighted by atomic mass is 9.82. The summed E-state index contributed by atoms with van der Waals surface area (Å²) in [6.07, 6.45) is 2.53. The number of hydrogen-bond donors (Lipinski definition) is 0. The fourth-order valence-corrected chi connectivity index (χ4v) is 6.75. The van der Waals surface area contributed by atoms with Crippen molar-refractivity contribution in [1.82, 2.24) is 14.0 Å². The molecule has 2 fully saturated rings. The number of fused-ring (bicyclic) bond motifs is 8. The number of piperidine rings is 2. The van der Waals surface area contributed by atoms with Crippen LogP contribution < -0.4 is 35.1 Å². The minimum absolute atomic E-state index is 0. The van der Waals surface area contributed by atoms with Gasteiger partial charge in [0.05, 0.1) is 27.2 Å². The van der Waals surface area contributed by atoms with Gasteiger partial charge in [-0.3, -0.25) is 9.59 Å². The maximum absolute atomic E-state index is 11.8. The molecule has 6 rings (SSSR count). The fraction of sp³-hybridized carbons (Fsp3) is 0.600. The van der Waals surface area contributed by atoms with Crippen LogP contribution in [-0.2, 0) is 13.1 Å². The molecule has 174 valence electrons. The van der Waals surface area contributed by atoms with Crippen LogP contribution in [0, 0.1) is 11.8 Å². The molecule has 2 aromatic heterocycles. The first-order valence-electron chi connectivity index (χ1n) is 11.7. The van der Waals surface area contributed by atoms with Crippen LogP contribution in [0.3, 0.4) is 0 Å². The van der Waals surface area contributed by atoms with Crippen molar-refractivity contribution in [2.75, 3.05) is 47.3 Å². The van der Waals surface area contributed by atoms with Crippen molar-refractivity contribution in [2.24, 2.45) is 11.8 Å². The van der Waals surface area contributed by atoms with Gasteiger partial charge in [0.25, 0.3) is 11.1 Å². The van der Waals surface area contributed by atoms with Gasteiger partial charge >= 0.3 is 0 Å². The molecule has 6 nitrogen and oxygen atoms in total. The highest BCUT2D eigenvalue weighted by molar-refractivity contribution is 5.17. The minimum atomic E-state index is 0. The van der Waals surface area contributed by atoms with Gasteiger partial charge in [-0.05, 0) is 37.9 Å². The maximum Gasteiger partial charge on any atom is 0.250 e. The lowest BCUT2D eigenvalue weighted by Gasteiger charge is -2.45. The molecule has 4 aliphatic heterocycles. The molecule has 4 bridgehead atoms. The summed E-state index contributed by atoms with van der Waals surface area (Å²) in [6, 6.07) is 11.4. The molecule has 0 saturated carbocycles. The zero-order chi connectivity index (χ0) is 21.8. The molecule has 32 heavy (non-hydrogen) atoms. The summed E-state index contributed by atoms with van der Waals surface area (Å²) < 4.78 is 5.07. The molecule has 4 unspecified atom stereocenters. The molecule has 6 heterocycles. The Bertz CT molecular complexity index is 1090. The highest BCUT2D eigenvalue weighted by atomic mass is 127. The third kappa shape index (κ3) is 4.61. The highest BCUT2D eigenvalue weighted by Crippen LogP contribution is 2.36. The average molecular weight is 550 g/mol. The highest BCUT2D eigenvalue weighted by Gasteiger charge is 2.39. The molecule has 0 aliphatic carbocycles. The Morgan fingerprint density at radius 1 is 0.750 bits per heavy atom. The number of nitrogens with zero attached hydrogens (tertiary/aromatic N) is 4. The van der Waals surface area contributed by atoms with Crippen molar-refractivity contribution < 1.29 is 28.5 Å². The third-order valence-electron chi connectivity index (χ3n) is 7.69. The van der Waals surface area contributed by atoms with E-state index < -0.39 is 0 Å². The average Bonchev–Trinajstić information content (AvgIpc) is 2.69. The van der Waals surface area contributed by atoms with Gasteiger partial charge in [-0.25, -0.2) is 0 Å². The topological polar surface area (TPSA) is 47.2 Å². The van der Waals surface area contributed by atoms with E-state index in [9.17, 15) is 9.59 Å². The minimum Gasteiger partial charge on any atom is -1.00 e. The van der Waals surface area contributed by atoms with Gasteiger partial charge in [0.1, 0.15) is 0 Å². The van der Waals surface area contributed by atoms with Gasteiger partial charge in [-0.15, -0.1) is 0 Å². The summed E-state index contributed by atoms with van der Waals surface area (Å²) in [4.78, 5) is 25.9. The number of hydrogen-bond acceptors (Lipinski definition) is 3. The van der Waals surface area contributed by atoms with Crippen LogP contribution in [-0.4, -0.2) is 65.8 Å². The van der Waals surface area contributed by atoms with E-state index in [1.54, 1.807) is 12.1 Å². The van der Waals surface area contributed by atoms with E-state index in [1.165, 1.54) is 37.3 Å². The molecule has 4 atom stereocenters. The number of likely N-dealkylation sites (N-methyl/N-ethyl adjacent to an activating group) is 2. The second-order valence-electron chi connectivity index (χ2n) is 10.9. The first kappa shape index (κ1) is 23.7. The van der Waals surface area contributed by atoms with Gasteiger partial charge in [0, 0.05) is 67.5 Å². The summed E-state index contributed by atoms with van der Waals surface area (Å²) in [6.45, 7) is 6.44. The molecule has 0 spiro atoms. The molecule has 2 saturated heterocycles. The molecule has 0 radical (unpaired) electrons. The Kier molecular flexibility index (Phi) is 6.71. The molecule has 0 amide bonds. The van der Waals surface area contributed by atoms with Crippen molar-refractivity contribution in [3.8, 4) is 0 Å². The first-order chi connectivity index (χ1) is 14.8. The summed E-state index contributed by atoms with van der Waals surface area (Å²) in [5.74, 6) is 2.50. The van der Waals surface area contributed by atoms with Crippen LogP contribution in [0.15, 0.2) is 46.0 Å². The van der Waals surface area contributed by atoms with E-state index in [1.807, 2.05) is 21.3 Å². The number of rotatable bonds is 0. The first-order valence-corrected chi connectivity index (χ1v) is 11.7. The summed E-state index contributed by atoms with van der Waals surface area (Å²) in [5.41, 5.74) is 2.85. The van der Waals surface area contributed by atoms with E-state index in [4.69, 9.17) is 0 Å². The largest absolute Gasteiger partial charge is 1.00 e. The van der Waals surface area contributed by atoms with Crippen molar-refractivity contribution in [2.45, 2.75) is 37.8 Å². The monoisotopic (exact) mass is 550 g/mol. The number of quaternary nitrogens is 1. The Morgan fingerprint density at radius 3 is 1.97 bits per heavy atom. The summed E-state index contributed by atoms with van der Waals surface area (Å²) in [5, 5.41) is 0. The van der Waals surface area contributed by atoms with Crippen LogP contribution >= 0.6 is 0 Å². The molecular formula is C25H35IN4O2. The second-order valence-corrected chi connectivity index (χ2v) is 10.9. The van der Waals surface area contributed by atoms with E-state index in [0.29, 0.717) is 23.7 Å². The smallest absolute Gasteiger partial charge is 0.250 e. The van der Waals surface area contributed by atoms with Crippen LogP contribution in [0.4, 0.5) is 0 Å². The zero-order valence-electron chi connectivity index (χ0n) is 19.4. The molecule has 0 N–H and O–H groups in total. The second kappa shape index (κ2) is 9.06. The summed E-state index contributed by atoms with van der Waals surface area (Å²) in [7, 11) is 6.78. The quantitative estimate of drug-likeness (QED) is 0.311. The van der Waals surface area contributed by atoms with Crippen molar-refractivity contribution in [3.05, 3.63) is 68.5 Å². The fourth-order valence-electron chi connectivity index (χ4n) is 6.75. The van der Waals surface area contributed by atoms with E-state index >= 15 is 0 Å². The Labute approximate surface area is 207 Å². The summed E-state index contributed by atoms with van der Waals surface area (Å²) >= 11 is 0. The van der Waals surface area contributed by atoms with Gasteiger partial charge in [-0.2, -0.15) is 0 Å². The van der Waals surface area contributed by atoms with E-state index in [-0.39, 0.29) is 35.1 Å². The normalized spacial score (nSPS) is 29.5. The van der Waals surface area contributed by atoms with Crippen LogP contribution in [0.25, 0.3) is 0 Å². The number of pyridine rings is 2. The predicted octanol–water partition coefficient (Wildman–Crippen LogP) is -1.06. The van der Waals surface area contributed by atoms with Gasteiger partial charge < -0.3 is 42.5 Å². The standard InChI is InChI=1S/C13H19N2O.C12H16N2O.HI/c1-15(2)8-10-6-11(9-15)12-4-3-5-13(16)14(12)7-10;1-13-6-9-5-10(8-13)11-3-2-4-12(15)14(11)7-9;/h3-5,10-11H,6-9H2,1-2H3;2-4,9-10H,5-8H2,1H3;1H/q+1;;/p-1. The number of aromatic nitrogens is 2. The Hall–Kier alpha value is -1.45. The van der Waals surface area contributed by atoms with Gasteiger partial charge in [0.15, 0.2) is 0 Å². The van der Waals surface area contributed by atoms with Crippen LogP contribution in [0.2, 0.25) is 0 Å². The molecule has 7 heteroatoms. The molecular weight excluding hydrogens is 515 g/mol. The maximum atomic E-state index is 11.8.